The molecule has 4 aromatic carbocycles. The van der Waals surface area contributed by atoms with E-state index in [0.717, 1.165) is 25.9 Å². The summed E-state index contributed by atoms with van der Waals surface area (Å²) in [6, 6.07) is 39.4. The Kier molecular flexibility index (Phi) is 10.1. The molecule has 0 spiro atoms. The van der Waals surface area contributed by atoms with Crippen LogP contribution in [0.1, 0.15) is 41.5 Å². The second kappa shape index (κ2) is 14.9. The number of hydrogen-bond acceptors (Lipinski definition) is 2. The molecule has 0 aliphatic heterocycles. The van der Waals surface area contributed by atoms with E-state index in [9.17, 15) is 0 Å². The lowest BCUT2D eigenvalue weighted by Crippen LogP contribution is -2.35. The predicted octanol–water partition coefficient (Wildman–Crippen LogP) is 8.91. The molecule has 236 valence electrons. The normalized spacial score (nSPS) is 11.7. The van der Waals surface area contributed by atoms with Gasteiger partial charge in [-0.2, -0.15) is 9.13 Å². The number of nitrogens with zero attached hydrogens (tertiary/aromatic N) is 4. The van der Waals surface area contributed by atoms with Crippen molar-refractivity contribution in [3.05, 3.63) is 144 Å². The summed E-state index contributed by atoms with van der Waals surface area (Å²) in [5.41, 5.74) is 9.91. The second-order valence-corrected chi connectivity index (χ2v) is 12.7. The van der Waals surface area contributed by atoms with Crippen LogP contribution in [0.4, 0.5) is 11.4 Å². The van der Waals surface area contributed by atoms with Gasteiger partial charge in [0.15, 0.2) is 12.4 Å². The van der Waals surface area contributed by atoms with Crippen molar-refractivity contribution in [2.45, 2.75) is 32.4 Å². The third-order valence-electron chi connectivity index (χ3n) is 8.94. The summed E-state index contributed by atoms with van der Waals surface area (Å²) in [6.45, 7) is 2.03. The number of pyridine rings is 2. The molecule has 0 amide bonds. The Balaban J connectivity index is 1.08. The van der Waals surface area contributed by atoms with E-state index in [1.807, 2.05) is 0 Å². The molecule has 0 bridgehead atoms. The quantitative estimate of drug-likeness (QED) is 0.100. The Morgan fingerprint density at radius 1 is 0.447 bits per heavy atom. The highest BCUT2D eigenvalue weighted by atomic mass is 15.1. The molecule has 0 saturated carbocycles. The molecule has 0 aliphatic rings. The van der Waals surface area contributed by atoms with Gasteiger partial charge in [0.2, 0.25) is 11.0 Å². The van der Waals surface area contributed by atoms with Gasteiger partial charge >= 0.3 is 0 Å². The third kappa shape index (κ3) is 7.78. The fourth-order valence-corrected chi connectivity index (χ4v) is 6.18. The van der Waals surface area contributed by atoms with Gasteiger partial charge in [-0.25, -0.2) is 0 Å². The van der Waals surface area contributed by atoms with Crippen LogP contribution < -0.4 is 18.9 Å². The smallest absolute Gasteiger partial charge is 0.213 e. The average molecular weight is 619 g/mol. The molecule has 6 aromatic rings. The van der Waals surface area contributed by atoms with Crippen molar-refractivity contribution < 1.29 is 9.13 Å². The fourth-order valence-electron chi connectivity index (χ4n) is 6.18. The lowest BCUT2D eigenvalue weighted by molar-refractivity contribution is -0.675. The Morgan fingerprint density at radius 2 is 0.851 bits per heavy atom. The Labute approximate surface area is 280 Å². The molecule has 0 saturated heterocycles. The molecule has 0 unspecified atom stereocenters. The molecule has 4 nitrogen and oxygen atoms in total. The number of benzene rings is 4. The molecule has 2 heterocycles. The number of fused-ring (bicyclic) bond motifs is 2. The maximum Gasteiger partial charge on any atom is 0.213 e. The van der Waals surface area contributed by atoms with Gasteiger partial charge in [0.25, 0.3) is 0 Å². The van der Waals surface area contributed by atoms with Crippen LogP contribution in [0.2, 0.25) is 0 Å². The molecule has 0 fully saturated rings. The summed E-state index contributed by atoms with van der Waals surface area (Å²) >= 11 is 0. The van der Waals surface area contributed by atoms with E-state index < -0.39 is 0 Å². The summed E-state index contributed by atoms with van der Waals surface area (Å²) in [5.74, 6) is 0. The van der Waals surface area contributed by atoms with E-state index in [1.165, 1.54) is 61.9 Å². The maximum atomic E-state index is 2.41. The Bertz CT molecular complexity index is 1850. The number of unbranched alkanes of at least 4 members (excludes halogenated alkanes) is 2. The molecule has 0 atom stereocenters. The Hall–Kier alpha value is -5.22. The molecule has 2 aromatic heterocycles. The first-order valence-corrected chi connectivity index (χ1v) is 16.7. The van der Waals surface area contributed by atoms with Gasteiger partial charge in [0.05, 0.1) is 10.8 Å². The van der Waals surface area contributed by atoms with Crippen LogP contribution in [0.25, 0.3) is 46.1 Å². The van der Waals surface area contributed by atoms with Gasteiger partial charge in [-0.05, 0) is 65.1 Å². The Morgan fingerprint density at radius 3 is 1.26 bits per heavy atom. The first-order chi connectivity index (χ1) is 23.0. The van der Waals surface area contributed by atoms with Gasteiger partial charge in [0.1, 0.15) is 13.1 Å². The zero-order valence-electron chi connectivity index (χ0n) is 28.2. The van der Waals surface area contributed by atoms with Crippen molar-refractivity contribution >= 4 is 57.5 Å². The minimum Gasteiger partial charge on any atom is -0.378 e. The highest BCUT2D eigenvalue weighted by molar-refractivity contribution is 5.89. The summed E-state index contributed by atoms with van der Waals surface area (Å²) in [7, 11) is 8.29. The topological polar surface area (TPSA) is 14.2 Å². The number of anilines is 2. The van der Waals surface area contributed by atoms with Crippen molar-refractivity contribution in [2.75, 3.05) is 38.0 Å². The lowest BCUT2D eigenvalue weighted by atomic mass is 10.1. The number of para-hydroxylation sites is 2. The van der Waals surface area contributed by atoms with E-state index >= 15 is 0 Å². The largest absolute Gasteiger partial charge is 0.378 e. The highest BCUT2D eigenvalue weighted by Crippen LogP contribution is 2.21. The van der Waals surface area contributed by atoms with Crippen molar-refractivity contribution in [1.82, 2.24) is 0 Å². The molecule has 6 rings (SSSR count). The average Bonchev–Trinajstić information content (AvgIpc) is 3.10. The van der Waals surface area contributed by atoms with Gasteiger partial charge in [0, 0.05) is 76.7 Å². The van der Waals surface area contributed by atoms with E-state index in [-0.39, 0.29) is 0 Å². The van der Waals surface area contributed by atoms with E-state index in [2.05, 4.69) is 193 Å². The van der Waals surface area contributed by atoms with Crippen LogP contribution >= 0.6 is 0 Å². The molecule has 0 radical (unpaired) electrons. The van der Waals surface area contributed by atoms with E-state index in [4.69, 9.17) is 0 Å². The lowest BCUT2D eigenvalue weighted by Gasteiger charge is -2.11. The highest BCUT2D eigenvalue weighted by Gasteiger charge is 2.13. The molecule has 4 heteroatoms. The van der Waals surface area contributed by atoms with Crippen LogP contribution in [0.3, 0.4) is 0 Å². The van der Waals surface area contributed by atoms with Crippen LogP contribution in [-0.4, -0.2) is 28.2 Å². The van der Waals surface area contributed by atoms with Crippen LogP contribution in [0.15, 0.2) is 122 Å². The monoisotopic (exact) mass is 618 g/mol. The number of aryl methyl sites for hydroxylation is 2. The summed E-state index contributed by atoms with van der Waals surface area (Å²) in [5, 5.41) is 2.58. The molecular weight excluding hydrogens is 573 g/mol. The molecule has 0 N–H and O–H groups in total. The minimum atomic E-state index is 1.02. The number of hydrogen-bond donors (Lipinski definition) is 0. The summed E-state index contributed by atoms with van der Waals surface area (Å²) in [4.78, 5) is 4.25. The SMILES string of the molecule is CN(C)c1ccc(/C=C/c2cc[n+](CCCCC[n+]3ccc(/C=C/c4ccc(N(C)C)cc4)c4ccccc43)c3ccccc23)cc1. The second-order valence-electron chi connectivity index (χ2n) is 12.7. The van der Waals surface area contributed by atoms with E-state index in [0.29, 0.717) is 0 Å². The third-order valence-corrected chi connectivity index (χ3v) is 8.94. The van der Waals surface area contributed by atoms with Crippen molar-refractivity contribution in [2.24, 2.45) is 0 Å². The summed E-state index contributed by atoms with van der Waals surface area (Å²) < 4.78 is 4.83. The van der Waals surface area contributed by atoms with Gasteiger partial charge in [-0.15, -0.1) is 0 Å². The standard InChI is InChI=1S/C43H46N4/c1-44(2)38-24-18-34(19-25-38)16-22-36-28-32-46(42-14-8-6-12-40(36)42)30-10-5-11-31-47-33-29-37(41-13-7-9-15-43(41)47)23-17-35-20-26-39(27-21-35)45(3)4/h6-9,12-29,32-33H,5,10-11,30-31H2,1-4H3/q+2. The number of aromatic nitrogens is 2. The first kappa shape index (κ1) is 31.7. The first-order valence-electron chi connectivity index (χ1n) is 16.7. The van der Waals surface area contributed by atoms with Gasteiger partial charge in [-0.1, -0.05) is 72.8 Å². The summed E-state index contributed by atoms with van der Waals surface area (Å²) in [6.07, 6.45) is 16.9. The van der Waals surface area contributed by atoms with Crippen molar-refractivity contribution in [3.63, 3.8) is 0 Å². The zero-order chi connectivity index (χ0) is 32.6. The molecule has 0 aliphatic carbocycles. The molecular formula is C43H46N4+2. The zero-order valence-corrected chi connectivity index (χ0v) is 28.2. The van der Waals surface area contributed by atoms with Gasteiger partial charge in [-0.3, -0.25) is 0 Å². The predicted molar refractivity (Wildman–Crippen MR) is 202 cm³/mol. The van der Waals surface area contributed by atoms with Crippen LogP contribution in [-0.2, 0) is 13.1 Å². The van der Waals surface area contributed by atoms with E-state index in [1.54, 1.807) is 0 Å². The van der Waals surface area contributed by atoms with Crippen LogP contribution in [0.5, 0.6) is 0 Å². The number of rotatable bonds is 12. The maximum absolute atomic E-state index is 2.41. The molecule has 47 heavy (non-hydrogen) atoms. The fraction of sp³-hybridized carbons (Fsp3) is 0.209. The van der Waals surface area contributed by atoms with Crippen LogP contribution in [0, 0.1) is 0 Å². The van der Waals surface area contributed by atoms with Crippen molar-refractivity contribution in [1.29, 1.82) is 0 Å². The van der Waals surface area contributed by atoms with Gasteiger partial charge < -0.3 is 9.80 Å². The minimum absolute atomic E-state index is 1.02. The van der Waals surface area contributed by atoms with Crippen molar-refractivity contribution in [3.8, 4) is 0 Å².